The van der Waals surface area contributed by atoms with E-state index in [0.717, 1.165) is 0 Å². The molecule has 104 valence electrons. The van der Waals surface area contributed by atoms with Crippen molar-refractivity contribution < 1.29 is 32.6 Å². The number of hydrogen-bond acceptors (Lipinski definition) is 3. The Bertz CT molecular complexity index is 537. The molecule has 0 amide bonds. The molecule has 0 aromatic heterocycles. The zero-order chi connectivity index (χ0) is 14.5. The van der Waals surface area contributed by atoms with E-state index >= 15 is 0 Å². The lowest BCUT2D eigenvalue weighted by atomic mass is 9.97. The molecule has 0 radical (unpaired) electrons. The summed E-state index contributed by atoms with van der Waals surface area (Å²) in [6.45, 7) is 1.23. The van der Waals surface area contributed by atoms with Crippen molar-refractivity contribution in [3.8, 4) is 0 Å². The van der Waals surface area contributed by atoms with Crippen molar-refractivity contribution in [3.05, 3.63) is 34.6 Å². The molecule has 0 spiro atoms. The molecule has 0 aliphatic heterocycles. The Morgan fingerprint density at radius 1 is 1.32 bits per heavy atom. The van der Waals surface area contributed by atoms with Gasteiger partial charge >= 0.3 is 6.18 Å². The highest BCUT2D eigenvalue weighted by Crippen LogP contribution is 2.42. The third-order valence-corrected chi connectivity index (χ3v) is 3.19. The van der Waals surface area contributed by atoms with Gasteiger partial charge in [-0.15, -0.1) is 0 Å². The number of hydrogen-bond donors (Lipinski definition) is 2. The quantitative estimate of drug-likeness (QED) is 0.773. The van der Waals surface area contributed by atoms with Crippen LogP contribution in [0.15, 0.2) is 12.1 Å². The number of aliphatic hydroxyl groups is 2. The first-order valence-corrected chi connectivity index (χ1v) is 5.45. The van der Waals surface area contributed by atoms with Crippen LogP contribution >= 0.6 is 0 Å². The maximum absolute atomic E-state index is 13.4. The molecule has 0 saturated heterocycles. The van der Waals surface area contributed by atoms with Gasteiger partial charge in [0.1, 0.15) is 5.82 Å². The van der Waals surface area contributed by atoms with Gasteiger partial charge in [0.15, 0.2) is 5.78 Å². The molecule has 1 aliphatic carbocycles. The van der Waals surface area contributed by atoms with Crippen LogP contribution in [0.4, 0.5) is 17.6 Å². The largest absolute Gasteiger partial charge is 0.419 e. The summed E-state index contributed by atoms with van der Waals surface area (Å²) in [7, 11) is 0. The standard InChI is InChI=1S/C12H10F4O3/c1-4(17)9-10(18)5-2-7(12(14,15)16)8(13)3-6(5)11(9)19/h2-4,9-10,17-18H,1H3. The average molecular weight is 278 g/mol. The van der Waals surface area contributed by atoms with Crippen LogP contribution in [0.5, 0.6) is 0 Å². The summed E-state index contributed by atoms with van der Waals surface area (Å²) in [5, 5.41) is 19.2. The molecule has 0 saturated carbocycles. The van der Waals surface area contributed by atoms with Crippen LogP contribution in [-0.4, -0.2) is 22.1 Å². The van der Waals surface area contributed by atoms with E-state index in [1.807, 2.05) is 0 Å². The molecule has 1 aromatic rings. The normalized spacial score (nSPS) is 24.5. The SMILES string of the molecule is CC(O)C1C(=O)c2cc(F)c(C(F)(F)F)cc2C1O. The topological polar surface area (TPSA) is 57.5 Å². The first-order valence-electron chi connectivity index (χ1n) is 5.45. The van der Waals surface area contributed by atoms with Crippen LogP contribution in [0.2, 0.25) is 0 Å². The summed E-state index contributed by atoms with van der Waals surface area (Å²) >= 11 is 0. The Labute approximate surface area is 105 Å². The van der Waals surface area contributed by atoms with Crippen LogP contribution in [0, 0.1) is 11.7 Å². The average Bonchev–Trinajstić information content (AvgIpc) is 2.48. The number of benzene rings is 1. The zero-order valence-electron chi connectivity index (χ0n) is 9.70. The highest BCUT2D eigenvalue weighted by atomic mass is 19.4. The fourth-order valence-electron chi connectivity index (χ4n) is 2.26. The van der Waals surface area contributed by atoms with Crippen molar-refractivity contribution in [1.82, 2.24) is 0 Å². The predicted molar refractivity (Wildman–Crippen MR) is 55.9 cm³/mol. The molecule has 0 fully saturated rings. The van der Waals surface area contributed by atoms with E-state index in [0.29, 0.717) is 12.1 Å². The van der Waals surface area contributed by atoms with Gasteiger partial charge in [-0.1, -0.05) is 0 Å². The lowest BCUT2D eigenvalue weighted by molar-refractivity contribution is -0.140. The Kier molecular flexibility index (Phi) is 3.14. The van der Waals surface area contributed by atoms with Crippen LogP contribution < -0.4 is 0 Å². The molecule has 3 nitrogen and oxygen atoms in total. The van der Waals surface area contributed by atoms with Crippen LogP contribution in [0.3, 0.4) is 0 Å². The van der Waals surface area contributed by atoms with Crippen LogP contribution in [0.1, 0.15) is 34.5 Å². The van der Waals surface area contributed by atoms with Crippen molar-refractivity contribution in [3.63, 3.8) is 0 Å². The molecule has 1 aliphatic rings. The van der Waals surface area contributed by atoms with Crippen molar-refractivity contribution in [2.45, 2.75) is 25.3 Å². The minimum atomic E-state index is -4.91. The number of rotatable bonds is 1. The Hall–Kier alpha value is -1.47. The number of halogens is 4. The second kappa shape index (κ2) is 4.28. The van der Waals surface area contributed by atoms with E-state index in [9.17, 15) is 32.6 Å². The van der Waals surface area contributed by atoms with Gasteiger partial charge in [0, 0.05) is 5.56 Å². The highest BCUT2D eigenvalue weighted by Gasteiger charge is 2.44. The molecule has 2 N–H and O–H groups in total. The first-order chi connectivity index (χ1) is 8.64. The highest BCUT2D eigenvalue weighted by molar-refractivity contribution is 6.03. The summed E-state index contributed by atoms with van der Waals surface area (Å²) in [6.07, 6.45) is -7.72. The van der Waals surface area contributed by atoms with E-state index in [2.05, 4.69) is 0 Å². The third-order valence-electron chi connectivity index (χ3n) is 3.19. The van der Waals surface area contributed by atoms with Crippen molar-refractivity contribution in [2.24, 2.45) is 5.92 Å². The van der Waals surface area contributed by atoms with Gasteiger partial charge in [0.05, 0.1) is 23.7 Å². The van der Waals surface area contributed by atoms with Gasteiger partial charge in [-0.25, -0.2) is 4.39 Å². The molecule has 3 unspecified atom stereocenters. The first kappa shape index (κ1) is 14.0. The number of carbonyl (C=O) groups is 1. The van der Waals surface area contributed by atoms with Crippen LogP contribution in [-0.2, 0) is 6.18 Å². The van der Waals surface area contributed by atoms with E-state index in [4.69, 9.17) is 0 Å². The van der Waals surface area contributed by atoms with Crippen LogP contribution in [0.25, 0.3) is 0 Å². The number of ketones is 1. The molecule has 19 heavy (non-hydrogen) atoms. The Morgan fingerprint density at radius 3 is 2.37 bits per heavy atom. The third kappa shape index (κ3) is 2.12. The molecule has 2 rings (SSSR count). The van der Waals surface area contributed by atoms with E-state index in [-0.39, 0.29) is 11.1 Å². The van der Waals surface area contributed by atoms with E-state index < -0.39 is 41.5 Å². The Morgan fingerprint density at radius 2 is 1.89 bits per heavy atom. The number of alkyl halides is 3. The van der Waals surface area contributed by atoms with Gasteiger partial charge in [-0.3, -0.25) is 4.79 Å². The lowest BCUT2D eigenvalue weighted by Gasteiger charge is -2.16. The summed E-state index contributed by atoms with van der Waals surface area (Å²) in [5.74, 6) is -3.60. The van der Waals surface area contributed by atoms with Gasteiger partial charge in [0.25, 0.3) is 0 Å². The summed E-state index contributed by atoms with van der Waals surface area (Å²) in [6, 6.07) is 0.891. The minimum Gasteiger partial charge on any atom is -0.393 e. The van der Waals surface area contributed by atoms with Crippen molar-refractivity contribution in [2.75, 3.05) is 0 Å². The van der Waals surface area contributed by atoms with Gasteiger partial charge in [-0.05, 0) is 24.6 Å². The molecule has 3 atom stereocenters. The maximum Gasteiger partial charge on any atom is 0.419 e. The second-order valence-electron chi connectivity index (χ2n) is 4.49. The van der Waals surface area contributed by atoms with Crippen molar-refractivity contribution in [1.29, 1.82) is 0 Å². The number of aliphatic hydroxyl groups excluding tert-OH is 2. The van der Waals surface area contributed by atoms with Gasteiger partial charge < -0.3 is 10.2 Å². The number of carbonyl (C=O) groups excluding carboxylic acids is 1. The van der Waals surface area contributed by atoms with Gasteiger partial charge in [-0.2, -0.15) is 13.2 Å². The summed E-state index contributed by atoms with van der Waals surface area (Å²) in [4.78, 5) is 11.8. The number of Topliss-reactive ketones (excluding diaryl/α,β-unsaturated/α-hetero) is 1. The fraction of sp³-hybridized carbons (Fsp3) is 0.417. The fourth-order valence-corrected chi connectivity index (χ4v) is 2.26. The predicted octanol–water partition coefficient (Wildman–Crippen LogP) is 2.07. The Balaban J connectivity index is 2.59. The second-order valence-corrected chi connectivity index (χ2v) is 4.49. The number of fused-ring (bicyclic) bond motifs is 1. The molecule has 0 bridgehead atoms. The molecular weight excluding hydrogens is 268 g/mol. The van der Waals surface area contributed by atoms with E-state index in [1.165, 1.54) is 6.92 Å². The van der Waals surface area contributed by atoms with E-state index in [1.54, 1.807) is 0 Å². The summed E-state index contributed by atoms with van der Waals surface area (Å²) in [5.41, 5.74) is -2.15. The minimum absolute atomic E-state index is 0.301. The lowest BCUT2D eigenvalue weighted by Crippen LogP contribution is -2.25. The molecule has 1 aromatic carbocycles. The van der Waals surface area contributed by atoms with Crippen molar-refractivity contribution >= 4 is 5.78 Å². The smallest absolute Gasteiger partial charge is 0.393 e. The molecule has 7 heteroatoms. The zero-order valence-corrected chi connectivity index (χ0v) is 9.70. The molecular formula is C12H10F4O3. The maximum atomic E-state index is 13.4. The summed E-state index contributed by atoms with van der Waals surface area (Å²) < 4.78 is 51.0. The monoisotopic (exact) mass is 278 g/mol. The molecule has 0 heterocycles. The van der Waals surface area contributed by atoms with Gasteiger partial charge in [0.2, 0.25) is 0 Å².